The van der Waals surface area contributed by atoms with Crippen molar-refractivity contribution in [1.82, 2.24) is 10.2 Å². The molecule has 0 spiro atoms. The van der Waals surface area contributed by atoms with Gasteiger partial charge in [-0.3, -0.25) is 9.59 Å². The quantitative estimate of drug-likeness (QED) is 0.780. The number of aromatic nitrogens is 2. The van der Waals surface area contributed by atoms with E-state index in [0.717, 1.165) is 5.56 Å². The van der Waals surface area contributed by atoms with Gasteiger partial charge in [-0.25, -0.2) is 9.49 Å². The van der Waals surface area contributed by atoms with Crippen LogP contribution in [0.3, 0.4) is 0 Å². The zero-order chi connectivity index (χ0) is 16.4. The Labute approximate surface area is 131 Å². The minimum Gasteiger partial charge on any atom is -0.323 e. The predicted octanol–water partition coefficient (Wildman–Crippen LogP) is 2.55. The molecule has 2 N–H and O–H groups in total. The van der Waals surface area contributed by atoms with Gasteiger partial charge in [0.25, 0.3) is 5.56 Å². The van der Waals surface area contributed by atoms with Gasteiger partial charge in [-0.05, 0) is 30.7 Å². The molecule has 0 aliphatic rings. The number of nitrogens with zero attached hydrogens (tertiary/aromatic N) is 1. The molecule has 23 heavy (non-hydrogen) atoms. The first-order valence-corrected chi connectivity index (χ1v) is 7.07. The van der Waals surface area contributed by atoms with Crippen molar-refractivity contribution in [2.24, 2.45) is 0 Å². The fourth-order valence-corrected chi connectivity index (χ4v) is 2.37. The molecule has 1 heterocycles. The Bertz CT molecular complexity index is 950. The lowest BCUT2D eigenvalue weighted by molar-refractivity contribution is -0.115. The Morgan fingerprint density at radius 3 is 2.70 bits per heavy atom. The predicted molar refractivity (Wildman–Crippen MR) is 85.8 cm³/mol. The van der Waals surface area contributed by atoms with Gasteiger partial charge in [-0.15, -0.1) is 0 Å². The number of halogens is 1. The second-order valence-electron chi connectivity index (χ2n) is 5.25. The van der Waals surface area contributed by atoms with Crippen molar-refractivity contribution in [1.29, 1.82) is 0 Å². The molecule has 0 unspecified atom stereocenters. The maximum absolute atomic E-state index is 13.8. The van der Waals surface area contributed by atoms with Crippen LogP contribution in [0.15, 0.2) is 47.3 Å². The molecule has 1 aromatic heterocycles. The molecule has 3 rings (SSSR count). The average Bonchev–Trinajstić information content (AvgIpc) is 2.53. The zero-order valence-corrected chi connectivity index (χ0v) is 12.4. The molecule has 0 saturated carbocycles. The highest BCUT2D eigenvalue weighted by Crippen LogP contribution is 2.17. The number of carbonyl (C=O) groups is 1. The first-order chi connectivity index (χ1) is 11.0. The molecule has 2 aromatic carbocycles. The number of aromatic amines is 1. The van der Waals surface area contributed by atoms with E-state index >= 15 is 0 Å². The van der Waals surface area contributed by atoms with E-state index in [0.29, 0.717) is 16.5 Å². The Kier molecular flexibility index (Phi) is 3.89. The van der Waals surface area contributed by atoms with Crippen LogP contribution in [0, 0.1) is 12.7 Å². The fraction of sp³-hybridized carbons (Fsp3) is 0.118. The molecule has 5 nitrogen and oxygen atoms in total. The number of hydrogen-bond acceptors (Lipinski definition) is 3. The van der Waals surface area contributed by atoms with Gasteiger partial charge in [0.05, 0.1) is 23.2 Å². The number of anilines is 1. The van der Waals surface area contributed by atoms with E-state index in [1.54, 1.807) is 37.3 Å². The van der Waals surface area contributed by atoms with Gasteiger partial charge in [0.2, 0.25) is 5.91 Å². The number of H-pyrrole nitrogens is 1. The van der Waals surface area contributed by atoms with Crippen molar-refractivity contribution < 1.29 is 9.18 Å². The van der Waals surface area contributed by atoms with Crippen LogP contribution in [0.4, 0.5) is 10.1 Å². The molecule has 0 radical (unpaired) electrons. The van der Waals surface area contributed by atoms with Gasteiger partial charge in [0.15, 0.2) is 0 Å². The maximum atomic E-state index is 13.8. The van der Waals surface area contributed by atoms with E-state index < -0.39 is 11.7 Å². The van der Waals surface area contributed by atoms with E-state index in [1.165, 1.54) is 12.1 Å². The van der Waals surface area contributed by atoms with Gasteiger partial charge in [-0.1, -0.05) is 24.3 Å². The third-order valence-corrected chi connectivity index (χ3v) is 3.50. The van der Waals surface area contributed by atoms with E-state index in [2.05, 4.69) is 15.5 Å². The van der Waals surface area contributed by atoms with Crippen LogP contribution in [0.25, 0.3) is 10.8 Å². The summed E-state index contributed by atoms with van der Waals surface area (Å²) in [6.07, 6.45) is -0.0649. The van der Waals surface area contributed by atoms with Gasteiger partial charge >= 0.3 is 0 Å². The topological polar surface area (TPSA) is 74.8 Å². The summed E-state index contributed by atoms with van der Waals surface area (Å²) in [5.41, 5.74) is 1.02. The Morgan fingerprint density at radius 1 is 1.22 bits per heavy atom. The highest BCUT2D eigenvalue weighted by atomic mass is 19.1. The molecule has 0 fully saturated rings. The van der Waals surface area contributed by atoms with Crippen LogP contribution in [0.1, 0.15) is 11.3 Å². The normalized spacial score (nSPS) is 10.7. The van der Waals surface area contributed by atoms with Crippen LogP contribution in [0.5, 0.6) is 0 Å². The lowest BCUT2D eigenvalue weighted by atomic mass is 10.1. The number of fused-ring (bicyclic) bond motifs is 1. The molecule has 0 atom stereocenters. The van der Waals surface area contributed by atoms with E-state index in [1.807, 2.05) is 0 Å². The van der Waals surface area contributed by atoms with Crippen molar-refractivity contribution in [3.63, 3.8) is 0 Å². The van der Waals surface area contributed by atoms with Crippen molar-refractivity contribution in [2.45, 2.75) is 13.3 Å². The van der Waals surface area contributed by atoms with Crippen LogP contribution >= 0.6 is 0 Å². The minimum absolute atomic E-state index is 0.0649. The largest absolute Gasteiger partial charge is 0.323 e. The lowest BCUT2D eigenvalue weighted by Crippen LogP contribution is -2.19. The third-order valence-electron chi connectivity index (χ3n) is 3.50. The summed E-state index contributed by atoms with van der Waals surface area (Å²) in [6.45, 7) is 1.77. The minimum atomic E-state index is -0.488. The molecule has 0 bridgehead atoms. The Balaban J connectivity index is 1.86. The van der Waals surface area contributed by atoms with Crippen molar-refractivity contribution in [3.05, 3.63) is 69.9 Å². The number of carbonyl (C=O) groups excluding carboxylic acids is 1. The average molecular weight is 311 g/mol. The Morgan fingerprint density at radius 2 is 1.96 bits per heavy atom. The molecule has 3 aromatic rings. The number of nitrogens with one attached hydrogen (secondary N) is 2. The van der Waals surface area contributed by atoms with Crippen molar-refractivity contribution in [2.75, 3.05) is 5.32 Å². The Hall–Kier alpha value is -3.02. The van der Waals surface area contributed by atoms with Crippen LogP contribution < -0.4 is 10.9 Å². The molecule has 0 aliphatic carbocycles. The van der Waals surface area contributed by atoms with Gasteiger partial charge in [-0.2, -0.15) is 5.10 Å². The summed E-state index contributed by atoms with van der Waals surface area (Å²) in [7, 11) is 0. The summed E-state index contributed by atoms with van der Waals surface area (Å²) in [5.74, 6) is -0.893. The first kappa shape index (κ1) is 14.9. The highest BCUT2D eigenvalue weighted by molar-refractivity contribution is 5.95. The smallest absolute Gasteiger partial charge is 0.272 e. The van der Waals surface area contributed by atoms with Gasteiger partial charge < -0.3 is 5.32 Å². The highest BCUT2D eigenvalue weighted by Gasteiger charge is 2.12. The second-order valence-corrected chi connectivity index (χ2v) is 5.25. The maximum Gasteiger partial charge on any atom is 0.272 e. The van der Waals surface area contributed by atoms with E-state index in [-0.39, 0.29) is 17.7 Å². The van der Waals surface area contributed by atoms with Gasteiger partial charge in [0, 0.05) is 5.39 Å². The lowest BCUT2D eigenvalue weighted by Gasteiger charge is -2.08. The first-order valence-electron chi connectivity index (χ1n) is 7.07. The summed E-state index contributed by atoms with van der Waals surface area (Å²) < 4.78 is 13.8. The summed E-state index contributed by atoms with van der Waals surface area (Å²) in [6, 6.07) is 11.5. The number of amides is 1. The standard InChI is InChI=1S/C17H14FN3O2/c1-10-6-7-14(13(18)8-10)19-16(22)9-15-11-4-2-3-5-12(11)17(23)21-20-15/h2-8H,9H2,1H3,(H,19,22)(H,21,23). The molecule has 1 amide bonds. The van der Waals surface area contributed by atoms with E-state index in [4.69, 9.17) is 0 Å². The van der Waals surface area contributed by atoms with Crippen molar-refractivity contribution >= 4 is 22.4 Å². The molecule has 116 valence electrons. The molecule has 0 saturated heterocycles. The number of aryl methyl sites for hydroxylation is 1. The van der Waals surface area contributed by atoms with E-state index in [9.17, 15) is 14.0 Å². The summed E-state index contributed by atoms with van der Waals surface area (Å²) in [4.78, 5) is 23.9. The third kappa shape index (κ3) is 3.11. The molecular weight excluding hydrogens is 297 g/mol. The zero-order valence-electron chi connectivity index (χ0n) is 12.4. The van der Waals surface area contributed by atoms with Gasteiger partial charge in [0.1, 0.15) is 5.82 Å². The van der Waals surface area contributed by atoms with Crippen LogP contribution in [-0.4, -0.2) is 16.1 Å². The van der Waals surface area contributed by atoms with Crippen molar-refractivity contribution in [3.8, 4) is 0 Å². The molecule has 6 heteroatoms. The number of benzene rings is 2. The second kappa shape index (κ2) is 6.00. The SMILES string of the molecule is Cc1ccc(NC(=O)Cc2n[nH]c(=O)c3ccccc23)c(F)c1. The molecule has 0 aliphatic heterocycles. The molecular formula is C17H14FN3O2. The fourth-order valence-electron chi connectivity index (χ4n) is 2.37. The summed E-state index contributed by atoms with van der Waals surface area (Å²) in [5, 5.41) is 9.89. The number of rotatable bonds is 3. The number of hydrogen-bond donors (Lipinski definition) is 2. The summed E-state index contributed by atoms with van der Waals surface area (Å²) >= 11 is 0. The van der Waals surface area contributed by atoms with Crippen LogP contribution in [0.2, 0.25) is 0 Å². The monoisotopic (exact) mass is 311 g/mol. The van der Waals surface area contributed by atoms with Crippen LogP contribution in [-0.2, 0) is 11.2 Å².